The Bertz CT molecular complexity index is 147. The molecule has 0 aromatic rings. The molecule has 0 amide bonds. The zero-order valence-corrected chi connectivity index (χ0v) is 9.22. The van der Waals surface area contributed by atoms with E-state index >= 15 is 0 Å². The molecule has 1 fully saturated rings. The summed E-state index contributed by atoms with van der Waals surface area (Å²) in [5, 5.41) is 0. The molecule has 78 valence electrons. The van der Waals surface area contributed by atoms with Gasteiger partial charge in [-0.2, -0.15) is 0 Å². The molecule has 1 aliphatic rings. The van der Waals surface area contributed by atoms with Crippen molar-refractivity contribution in [3.63, 3.8) is 0 Å². The van der Waals surface area contributed by atoms with Gasteiger partial charge in [-0.15, -0.1) is 0 Å². The lowest BCUT2D eigenvalue weighted by atomic mass is 9.94. The largest absolute Gasteiger partial charge is 0.271 e. The minimum Gasteiger partial charge on any atom is -0.271 e. The van der Waals surface area contributed by atoms with Crippen molar-refractivity contribution in [3.05, 3.63) is 0 Å². The summed E-state index contributed by atoms with van der Waals surface area (Å²) in [6.07, 6.45) is 5.24. The van der Waals surface area contributed by atoms with Crippen molar-refractivity contribution in [2.24, 2.45) is 23.6 Å². The SMILES string of the molecule is CCCC(C)CC(NN)C1CC1C. The van der Waals surface area contributed by atoms with Crippen LogP contribution in [0.25, 0.3) is 0 Å². The van der Waals surface area contributed by atoms with Gasteiger partial charge in [0, 0.05) is 6.04 Å². The molecule has 13 heavy (non-hydrogen) atoms. The number of rotatable bonds is 6. The van der Waals surface area contributed by atoms with Crippen LogP contribution in [0.5, 0.6) is 0 Å². The van der Waals surface area contributed by atoms with E-state index in [1.807, 2.05) is 0 Å². The number of nitrogens with two attached hydrogens (primary N) is 1. The fraction of sp³-hybridized carbons (Fsp3) is 1.00. The predicted molar refractivity (Wildman–Crippen MR) is 57.1 cm³/mol. The zero-order chi connectivity index (χ0) is 9.84. The normalized spacial score (nSPS) is 31.4. The van der Waals surface area contributed by atoms with Crippen molar-refractivity contribution in [2.75, 3.05) is 0 Å². The van der Waals surface area contributed by atoms with E-state index in [-0.39, 0.29) is 0 Å². The molecule has 0 saturated heterocycles. The summed E-state index contributed by atoms with van der Waals surface area (Å²) in [6, 6.07) is 0.566. The van der Waals surface area contributed by atoms with E-state index in [4.69, 9.17) is 5.84 Å². The lowest BCUT2D eigenvalue weighted by molar-refractivity contribution is 0.351. The Morgan fingerprint density at radius 1 is 1.54 bits per heavy atom. The first-order valence-corrected chi connectivity index (χ1v) is 5.65. The number of hydrogen-bond acceptors (Lipinski definition) is 2. The summed E-state index contributed by atoms with van der Waals surface area (Å²) in [5.74, 6) is 8.14. The van der Waals surface area contributed by atoms with Crippen LogP contribution in [0.15, 0.2) is 0 Å². The summed E-state index contributed by atoms with van der Waals surface area (Å²) in [4.78, 5) is 0. The summed E-state index contributed by atoms with van der Waals surface area (Å²) in [5.41, 5.74) is 2.98. The highest BCUT2D eigenvalue weighted by Crippen LogP contribution is 2.42. The molecule has 0 aromatic carbocycles. The van der Waals surface area contributed by atoms with Gasteiger partial charge in [-0.1, -0.05) is 33.6 Å². The van der Waals surface area contributed by atoms with Gasteiger partial charge in [-0.3, -0.25) is 11.3 Å². The Hall–Kier alpha value is -0.0800. The molecular formula is C11H24N2. The van der Waals surface area contributed by atoms with Crippen LogP contribution in [0.4, 0.5) is 0 Å². The first-order chi connectivity index (χ1) is 6.19. The summed E-state index contributed by atoms with van der Waals surface area (Å²) >= 11 is 0. The van der Waals surface area contributed by atoms with Gasteiger partial charge in [-0.25, -0.2) is 0 Å². The van der Waals surface area contributed by atoms with Crippen LogP contribution in [0.3, 0.4) is 0 Å². The third-order valence-corrected chi connectivity index (χ3v) is 3.34. The minimum atomic E-state index is 0.566. The van der Waals surface area contributed by atoms with Crippen LogP contribution in [0.1, 0.15) is 46.5 Å². The fourth-order valence-electron chi connectivity index (χ4n) is 2.32. The Morgan fingerprint density at radius 2 is 2.15 bits per heavy atom. The molecule has 4 unspecified atom stereocenters. The second-order valence-corrected chi connectivity index (χ2v) is 4.78. The fourth-order valence-corrected chi connectivity index (χ4v) is 2.32. The van der Waals surface area contributed by atoms with E-state index in [9.17, 15) is 0 Å². The van der Waals surface area contributed by atoms with E-state index in [0.29, 0.717) is 6.04 Å². The summed E-state index contributed by atoms with van der Waals surface area (Å²) in [6.45, 7) is 6.90. The van der Waals surface area contributed by atoms with Crippen LogP contribution in [-0.4, -0.2) is 6.04 Å². The molecule has 0 bridgehead atoms. The maximum atomic E-state index is 5.57. The van der Waals surface area contributed by atoms with Crippen molar-refractivity contribution < 1.29 is 0 Å². The molecule has 3 N–H and O–H groups in total. The molecule has 0 spiro atoms. The molecule has 1 aliphatic carbocycles. The number of nitrogens with one attached hydrogen (secondary N) is 1. The van der Waals surface area contributed by atoms with E-state index in [1.54, 1.807) is 0 Å². The maximum absolute atomic E-state index is 5.57. The molecule has 0 aliphatic heterocycles. The quantitative estimate of drug-likeness (QED) is 0.491. The third kappa shape index (κ3) is 3.28. The standard InChI is InChI=1S/C11H24N2/c1-4-5-8(2)6-11(13-12)10-7-9(10)3/h8-11,13H,4-7,12H2,1-3H3. The first kappa shape index (κ1) is 11.0. The average molecular weight is 184 g/mol. The highest BCUT2D eigenvalue weighted by Gasteiger charge is 2.39. The van der Waals surface area contributed by atoms with E-state index in [0.717, 1.165) is 17.8 Å². The molecule has 1 rings (SSSR count). The van der Waals surface area contributed by atoms with Crippen molar-refractivity contribution in [1.82, 2.24) is 5.43 Å². The van der Waals surface area contributed by atoms with Gasteiger partial charge in [0.25, 0.3) is 0 Å². The van der Waals surface area contributed by atoms with Crippen molar-refractivity contribution in [1.29, 1.82) is 0 Å². The van der Waals surface area contributed by atoms with Crippen LogP contribution < -0.4 is 11.3 Å². The zero-order valence-electron chi connectivity index (χ0n) is 9.22. The summed E-state index contributed by atoms with van der Waals surface area (Å²) < 4.78 is 0. The van der Waals surface area contributed by atoms with Crippen molar-refractivity contribution in [2.45, 2.75) is 52.5 Å². The highest BCUT2D eigenvalue weighted by molar-refractivity contribution is 4.91. The topological polar surface area (TPSA) is 38.0 Å². The van der Waals surface area contributed by atoms with Crippen LogP contribution in [0.2, 0.25) is 0 Å². The van der Waals surface area contributed by atoms with Crippen LogP contribution in [0, 0.1) is 17.8 Å². The molecule has 4 atom stereocenters. The van der Waals surface area contributed by atoms with E-state index in [2.05, 4.69) is 26.2 Å². The molecule has 0 radical (unpaired) electrons. The third-order valence-electron chi connectivity index (χ3n) is 3.34. The summed E-state index contributed by atoms with van der Waals surface area (Å²) in [7, 11) is 0. The average Bonchev–Trinajstić information content (AvgIpc) is 2.79. The predicted octanol–water partition coefficient (Wildman–Crippen LogP) is 2.30. The van der Waals surface area contributed by atoms with Gasteiger partial charge in [-0.05, 0) is 30.6 Å². The van der Waals surface area contributed by atoms with Gasteiger partial charge in [0.1, 0.15) is 0 Å². The second kappa shape index (κ2) is 4.97. The highest BCUT2D eigenvalue weighted by atomic mass is 15.2. The Balaban J connectivity index is 2.23. The molecular weight excluding hydrogens is 160 g/mol. The van der Waals surface area contributed by atoms with Crippen molar-refractivity contribution in [3.8, 4) is 0 Å². The van der Waals surface area contributed by atoms with Gasteiger partial charge >= 0.3 is 0 Å². The molecule has 2 nitrogen and oxygen atoms in total. The maximum Gasteiger partial charge on any atom is 0.0243 e. The van der Waals surface area contributed by atoms with Crippen LogP contribution >= 0.6 is 0 Å². The van der Waals surface area contributed by atoms with E-state index < -0.39 is 0 Å². The number of hydrazine groups is 1. The van der Waals surface area contributed by atoms with Crippen LogP contribution in [-0.2, 0) is 0 Å². The molecule has 0 heterocycles. The lowest BCUT2D eigenvalue weighted by Crippen LogP contribution is -2.38. The molecule has 0 aromatic heterocycles. The smallest absolute Gasteiger partial charge is 0.0243 e. The van der Waals surface area contributed by atoms with Gasteiger partial charge < -0.3 is 0 Å². The lowest BCUT2D eigenvalue weighted by Gasteiger charge is -2.19. The van der Waals surface area contributed by atoms with E-state index in [1.165, 1.54) is 25.7 Å². The number of hydrogen-bond donors (Lipinski definition) is 2. The van der Waals surface area contributed by atoms with Gasteiger partial charge in [0.2, 0.25) is 0 Å². The van der Waals surface area contributed by atoms with Crippen molar-refractivity contribution >= 4 is 0 Å². The Labute approximate surface area is 82.2 Å². The minimum absolute atomic E-state index is 0.566. The Morgan fingerprint density at radius 3 is 2.54 bits per heavy atom. The monoisotopic (exact) mass is 184 g/mol. The first-order valence-electron chi connectivity index (χ1n) is 5.65. The second-order valence-electron chi connectivity index (χ2n) is 4.78. The van der Waals surface area contributed by atoms with Gasteiger partial charge in [0.15, 0.2) is 0 Å². The Kier molecular flexibility index (Phi) is 4.20. The molecule has 1 saturated carbocycles. The van der Waals surface area contributed by atoms with Gasteiger partial charge in [0.05, 0.1) is 0 Å². The molecule has 2 heteroatoms.